The molecule has 2 heterocycles. The molecular weight excluding hydrogens is 376 g/mol. The van der Waals surface area contributed by atoms with E-state index in [1.54, 1.807) is 14.2 Å². The summed E-state index contributed by atoms with van der Waals surface area (Å²) in [5, 5.41) is 0.521. The van der Waals surface area contributed by atoms with E-state index in [2.05, 4.69) is 4.98 Å². The average Bonchev–Trinajstić information content (AvgIpc) is 3.38. The minimum atomic E-state index is 0.0117. The van der Waals surface area contributed by atoms with Crippen molar-refractivity contribution in [3.63, 3.8) is 0 Å². The van der Waals surface area contributed by atoms with Crippen molar-refractivity contribution in [2.24, 2.45) is 0 Å². The van der Waals surface area contributed by atoms with Crippen LogP contribution in [-0.2, 0) is 4.79 Å². The smallest absolute Gasteiger partial charge is 0.257 e. The van der Waals surface area contributed by atoms with Gasteiger partial charge in [-0.05, 0) is 37.1 Å². The third-order valence-corrected chi connectivity index (χ3v) is 5.78. The largest absolute Gasteiger partial charge is 0.497 e. The summed E-state index contributed by atoms with van der Waals surface area (Å²) in [7, 11) is 3.27. The molecule has 1 aliphatic heterocycles. The lowest BCUT2D eigenvalue weighted by molar-refractivity contribution is -0.129. The number of rotatable bonds is 6. The molecule has 28 heavy (non-hydrogen) atoms. The summed E-state index contributed by atoms with van der Waals surface area (Å²) in [6.07, 6.45) is 1.89. The molecule has 1 atom stereocenters. The first-order valence-corrected chi connectivity index (χ1v) is 10.2. The standard InChI is InChI=1S/C21H22N2O4S/c1-25-14-9-10-15(19(12-14)26-2)17-7-5-11-23(17)20(24)13-28-21-22-16-6-3-4-8-18(16)27-21/h3-4,6,8-10,12,17H,5,7,11,13H2,1-2H3. The summed E-state index contributed by atoms with van der Waals surface area (Å²) in [6, 6.07) is 13.4. The van der Waals surface area contributed by atoms with Crippen LogP contribution >= 0.6 is 11.8 Å². The number of oxazole rings is 1. The normalized spacial score (nSPS) is 16.5. The van der Waals surface area contributed by atoms with Crippen LogP contribution in [0.4, 0.5) is 0 Å². The molecule has 0 bridgehead atoms. The molecule has 4 rings (SSSR count). The zero-order chi connectivity index (χ0) is 19.5. The Hall–Kier alpha value is -2.67. The maximum Gasteiger partial charge on any atom is 0.257 e. The van der Waals surface area contributed by atoms with Gasteiger partial charge in [-0.2, -0.15) is 0 Å². The van der Waals surface area contributed by atoms with Gasteiger partial charge >= 0.3 is 0 Å². The number of hydrogen-bond acceptors (Lipinski definition) is 6. The highest BCUT2D eigenvalue weighted by atomic mass is 32.2. The summed E-state index contributed by atoms with van der Waals surface area (Å²) in [6.45, 7) is 0.743. The number of carbonyl (C=O) groups is 1. The van der Waals surface area contributed by atoms with E-state index < -0.39 is 0 Å². The maximum atomic E-state index is 12.9. The van der Waals surface area contributed by atoms with Crippen LogP contribution in [0.3, 0.4) is 0 Å². The van der Waals surface area contributed by atoms with Crippen molar-refractivity contribution < 1.29 is 18.7 Å². The average molecular weight is 398 g/mol. The highest BCUT2D eigenvalue weighted by molar-refractivity contribution is 7.99. The van der Waals surface area contributed by atoms with Crippen LogP contribution in [0.1, 0.15) is 24.4 Å². The number of nitrogens with zero attached hydrogens (tertiary/aromatic N) is 2. The number of amides is 1. The van der Waals surface area contributed by atoms with Crippen molar-refractivity contribution in [3.05, 3.63) is 48.0 Å². The summed E-state index contributed by atoms with van der Waals surface area (Å²) in [5.41, 5.74) is 2.56. The third-order valence-electron chi connectivity index (χ3n) is 4.97. The van der Waals surface area contributed by atoms with Crippen LogP contribution in [0.25, 0.3) is 11.1 Å². The van der Waals surface area contributed by atoms with Crippen LogP contribution in [0.5, 0.6) is 11.5 Å². The number of hydrogen-bond donors (Lipinski definition) is 0. The van der Waals surface area contributed by atoms with E-state index in [1.807, 2.05) is 47.4 Å². The Morgan fingerprint density at radius 1 is 1.25 bits per heavy atom. The molecule has 2 aromatic carbocycles. The van der Waals surface area contributed by atoms with E-state index in [-0.39, 0.29) is 11.9 Å². The minimum absolute atomic E-state index is 0.0117. The molecule has 7 heteroatoms. The molecule has 146 valence electrons. The summed E-state index contributed by atoms with van der Waals surface area (Å²) in [4.78, 5) is 19.3. The number of fused-ring (bicyclic) bond motifs is 1. The van der Waals surface area contributed by atoms with Crippen molar-refractivity contribution in [2.45, 2.75) is 24.1 Å². The van der Waals surface area contributed by atoms with Gasteiger partial charge in [0.25, 0.3) is 5.22 Å². The predicted octanol–water partition coefficient (Wildman–Crippen LogP) is 4.30. The molecule has 0 N–H and O–H groups in total. The van der Waals surface area contributed by atoms with Gasteiger partial charge < -0.3 is 18.8 Å². The molecule has 1 saturated heterocycles. The van der Waals surface area contributed by atoms with Crippen molar-refractivity contribution in [1.82, 2.24) is 9.88 Å². The molecule has 0 saturated carbocycles. The molecule has 1 unspecified atom stereocenters. The molecule has 6 nitrogen and oxygen atoms in total. The van der Waals surface area contributed by atoms with Crippen LogP contribution in [0.2, 0.25) is 0 Å². The summed E-state index contributed by atoms with van der Waals surface area (Å²) >= 11 is 1.33. The van der Waals surface area contributed by atoms with E-state index in [4.69, 9.17) is 13.9 Å². The monoisotopic (exact) mass is 398 g/mol. The lowest BCUT2D eigenvalue weighted by Crippen LogP contribution is -2.32. The van der Waals surface area contributed by atoms with Crippen LogP contribution in [0, 0.1) is 0 Å². The van der Waals surface area contributed by atoms with Gasteiger partial charge in [0.1, 0.15) is 17.0 Å². The van der Waals surface area contributed by atoms with Gasteiger partial charge in [0.05, 0.1) is 26.0 Å². The predicted molar refractivity (Wildman–Crippen MR) is 108 cm³/mol. The fraction of sp³-hybridized carbons (Fsp3) is 0.333. The highest BCUT2D eigenvalue weighted by Gasteiger charge is 2.32. The van der Waals surface area contributed by atoms with Gasteiger partial charge in [0.15, 0.2) is 5.58 Å². The molecule has 0 spiro atoms. The van der Waals surface area contributed by atoms with Gasteiger partial charge in [0, 0.05) is 18.2 Å². The topological polar surface area (TPSA) is 64.8 Å². The Morgan fingerprint density at radius 2 is 2.11 bits per heavy atom. The van der Waals surface area contributed by atoms with Gasteiger partial charge in [0.2, 0.25) is 5.91 Å². The Labute approximate surface area is 167 Å². The molecular formula is C21H22N2O4S. The number of likely N-dealkylation sites (tertiary alicyclic amines) is 1. The number of para-hydroxylation sites is 2. The minimum Gasteiger partial charge on any atom is -0.497 e. The first-order valence-electron chi connectivity index (χ1n) is 9.19. The van der Waals surface area contributed by atoms with Crippen LogP contribution < -0.4 is 9.47 Å². The fourth-order valence-electron chi connectivity index (χ4n) is 3.60. The maximum absolute atomic E-state index is 12.9. The van der Waals surface area contributed by atoms with Crippen molar-refractivity contribution >= 4 is 28.8 Å². The number of methoxy groups -OCH3 is 2. The molecule has 0 aliphatic carbocycles. The zero-order valence-corrected chi connectivity index (χ0v) is 16.7. The Morgan fingerprint density at radius 3 is 2.89 bits per heavy atom. The first kappa shape index (κ1) is 18.7. The summed E-state index contributed by atoms with van der Waals surface area (Å²) < 4.78 is 16.5. The molecule has 1 amide bonds. The number of carbonyl (C=O) groups excluding carboxylic acids is 1. The SMILES string of the molecule is COc1ccc(C2CCCN2C(=O)CSc2nc3ccccc3o2)c(OC)c1. The van der Waals surface area contributed by atoms with Gasteiger partial charge in [-0.3, -0.25) is 4.79 Å². The molecule has 0 radical (unpaired) electrons. The summed E-state index contributed by atoms with van der Waals surface area (Å²) in [5.74, 6) is 1.85. The van der Waals surface area contributed by atoms with Gasteiger partial charge in [-0.15, -0.1) is 0 Å². The lowest BCUT2D eigenvalue weighted by Gasteiger charge is -2.26. The quantitative estimate of drug-likeness (QED) is 0.577. The molecule has 1 aromatic heterocycles. The second-order valence-corrected chi connectivity index (χ2v) is 7.52. The lowest BCUT2D eigenvalue weighted by atomic mass is 10.0. The molecule has 1 fully saturated rings. The highest BCUT2D eigenvalue weighted by Crippen LogP contribution is 2.39. The zero-order valence-electron chi connectivity index (χ0n) is 15.9. The Balaban J connectivity index is 1.47. The van der Waals surface area contributed by atoms with E-state index >= 15 is 0 Å². The van der Waals surface area contributed by atoms with Crippen molar-refractivity contribution in [1.29, 1.82) is 0 Å². The van der Waals surface area contributed by atoms with Crippen LogP contribution in [0.15, 0.2) is 52.1 Å². The number of aromatic nitrogens is 1. The van der Waals surface area contributed by atoms with E-state index in [0.717, 1.165) is 47.5 Å². The number of benzene rings is 2. The Kier molecular flexibility index (Phi) is 5.43. The van der Waals surface area contributed by atoms with Gasteiger partial charge in [-0.25, -0.2) is 4.98 Å². The number of ether oxygens (including phenoxy) is 2. The first-order chi connectivity index (χ1) is 13.7. The van der Waals surface area contributed by atoms with Crippen molar-refractivity contribution in [2.75, 3.05) is 26.5 Å². The molecule has 3 aromatic rings. The third kappa shape index (κ3) is 3.67. The van der Waals surface area contributed by atoms with Crippen LogP contribution in [-0.4, -0.2) is 42.3 Å². The second kappa shape index (κ2) is 8.14. The molecule has 1 aliphatic rings. The van der Waals surface area contributed by atoms with E-state index in [1.165, 1.54) is 11.8 Å². The second-order valence-electron chi connectivity index (χ2n) is 6.59. The van der Waals surface area contributed by atoms with E-state index in [0.29, 0.717) is 11.0 Å². The fourth-order valence-corrected chi connectivity index (χ4v) is 4.33. The number of thioether (sulfide) groups is 1. The van der Waals surface area contributed by atoms with Crippen molar-refractivity contribution in [3.8, 4) is 11.5 Å². The van der Waals surface area contributed by atoms with Gasteiger partial charge in [-0.1, -0.05) is 23.9 Å². The van der Waals surface area contributed by atoms with E-state index in [9.17, 15) is 4.79 Å². The Bertz CT molecular complexity index is 954.